The lowest BCUT2D eigenvalue weighted by molar-refractivity contribution is -0.138. The van der Waals surface area contributed by atoms with Gasteiger partial charge in [-0.15, -0.1) is 0 Å². The lowest BCUT2D eigenvalue weighted by Crippen LogP contribution is -2.41. The number of pyridine rings is 1. The van der Waals surface area contributed by atoms with Crippen LogP contribution in [0.15, 0.2) is 12.1 Å². The largest absolute Gasteiger partial charge is 0.481 e. The number of aliphatic carboxylic acids is 1. The van der Waals surface area contributed by atoms with Crippen molar-refractivity contribution >= 4 is 17.7 Å². The lowest BCUT2D eigenvalue weighted by Gasteiger charge is -2.42. The van der Waals surface area contributed by atoms with E-state index in [-0.39, 0.29) is 35.8 Å². The first-order chi connectivity index (χ1) is 15.3. The molecule has 1 aliphatic heterocycles. The zero-order valence-electron chi connectivity index (χ0n) is 19.4. The Bertz CT molecular complexity index is 826. The number of amides is 1. The highest BCUT2D eigenvalue weighted by atomic mass is 16.5. The van der Waals surface area contributed by atoms with Crippen molar-refractivity contribution in [1.82, 2.24) is 10.3 Å². The number of rotatable bonds is 7. The van der Waals surface area contributed by atoms with Gasteiger partial charge >= 0.3 is 5.97 Å². The third kappa shape index (κ3) is 5.73. The van der Waals surface area contributed by atoms with Gasteiger partial charge in [0.2, 0.25) is 5.88 Å². The summed E-state index contributed by atoms with van der Waals surface area (Å²) in [5.41, 5.74) is 0.770. The van der Waals surface area contributed by atoms with E-state index >= 15 is 0 Å². The maximum absolute atomic E-state index is 13.1. The first-order valence-corrected chi connectivity index (χ1v) is 12.2. The Morgan fingerprint density at radius 1 is 1.16 bits per heavy atom. The SMILES string of the molecule is CC1(C)CC(Oc2nc(N3CCC[C@@H](CC(=O)O)C3)ccc2C(=O)NC2CCCCC2)C1. The summed E-state index contributed by atoms with van der Waals surface area (Å²) in [5, 5.41) is 12.4. The van der Waals surface area contributed by atoms with E-state index in [9.17, 15) is 14.7 Å². The van der Waals surface area contributed by atoms with Crippen LogP contribution in [0.5, 0.6) is 5.88 Å². The molecule has 176 valence electrons. The molecule has 1 aromatic rings. The summed E-state index contributed by atoms with van der Waals surface area (Å²) in [4.78, 5) is 31.2. The monoisotopic (exact) mass is 443 g/mol. The molecule has 2 N–H and O–H groups in total. The molecule has 2 aliphatic carbocycles. The van der Waals surface area contributed by atoms with Gasteiger partial charge in [-0.05, 0) is 62.0 Å². The van der Waals surface area contributed by atoms with E-state index in [0.717, 1.165) is 63.7 Å². The number of anilines is 1. The normalized spacial score (nSPS) is 23.9. The standard InChI is InChI=1S/C25H37N3O4/c1-25(2)14-19(15-25)32-24-20(23(31)26-18-8-4-3-5-9-18)10-11-21(27-24)28-12-6-7-17(16-28)13-22(29)30/h10-11,17-19H,3-9,12-16H2,1-2H3,(H,26,31)(H,29,30)/t17-/m0/s1. The van der Waals surface area contributed by atoms with E-state index in [4.69, 9.17) is 9.72 Å². The van der Waals surface area contributed by atoms with Crippen LogP contribution in [-0.4, -0.2) is 47.2 Å². The molecule has 7 heteroatoms. The number of carboxylic acid groups (broad SMARTS) is 1. The van der Waals surface area contributed by atoms with Crippen LogP contribution in [0.25, 0.3) is 0 Å². The number of aromatic nitrogens is 1. The van der Waals surface area contributed by atoms with Crippen LogP contribution < -0.4 is 15.0 Å². The number of nitrogens with zero attached hydrogens (tertiary/aromatic N) is 2. The Morgan fingerprint density at radius 2 is 1.91 bits per heavy atom. The van der Waals surface area contributed by atoms with Gasteiger partial charge in [0, 0.05) is 25.6 Å². The predicted octanol–water partition coefficient (Wildman–Crippen LogP) is 4.40. The number of ether oxygens (including phenoxy) is 1. The molecule has 0 bridgehead atoms. The minimum Gasteiger partial charge on any atom is -0.481 e. The van der Waals surface area contributed by atoms with Gasteiger partial charge in [0.25, 0.3) is 5.91 Å². The first-order valence-electron chi connectivity index (χ1n) is 12.2. The summed E-state index contributed by atoms with van der Waals surface area (Å²) in [6.45, 7) is 5.96. The smallest absolute Gasteiger partial charge is 0.303 e. The van der Waals surface area contributed by atoms with Crippen LogP contribution in [0.1, 0.15) is 88.4 Å². The van der Waals surface area contributed by atoms with Gasteiger partial charge in [-0.1, -0.05) is 33.1 Å². The van der Waals surface area contributed by atoms with E-state index in [0.29, 0.717) is 18.0 Å². The predicted molar refractivity (Wildman–Crippen MR) is 123 cm³/mol. The summed E-state index contributed by atoms with van der Waals surface area (Å²) in [6.07, 6.45) is 9.65. The number of piperidine rings is 1. The van der Waals surface area contributed by atoms with Crippen LogP contribution in [0.4, 0.5) is 5.82 Å². The summed E-state index contributed by atoms with van der Waals surface area (Å²) in [5.74, 6) is 0.441. The second-order valence-electron chi connectivity index (χ2n) is 10.7. The van der Waals surface area contributed by atoms with Crippen molar-refractivity contribution in [3.63, 3.8) is 0 Å². The van der Waals surface area contributed by atoms with E-state index in [1.807, 2.05) is 12.1 Å². The van der Waals surface area contributed by atoms with E-state index in [1.54, 1.807) is 0 Å². The molecular formula is C25H37N3O4. The fraction of sp³-hybridized carbons (Fsp3) is 0.720. The molecule has 1 amide bonds. The average Bonchev–Trinajstić information content (AvgIpc) is 2.73. The van der Waals surface area contributed by atoms with Crippen LogP contribution in [0.2, 0.25) is 0 Å². The fourth-order valence-corrected chi connectivity index (χ4v) is 5.48. The zero-order valence-corrected chi connectivity index (χ0v) is 19.4. The van der Waals surface area contributed by atoms with Crippen LogP contribution in [-0.2, 0) is 4.79 Å². The third-order valence-electron chi connectivity index (χ3n) is 7.18. The van der Waals surface area contributed by atoms with Gasteiger partial charge in [0.05, 0.1) is 0 Å². The maximum Gasteiger partial charge on any atom is 0.303 e. The van der Waals surface area contributed by atoms with E-state index in [1.165, 1.54) is 6.42 Å². The highest BCUT2D eigenvalue weighted by Crippen LogP contribution is 2.42. The molecule has 0 unspecified atom stereocenters. The minimum absolute atomic E-state index is 0.0788. The minimum atomic E-state index is -0.754. The third-order valence-corrected chi connectivity index (χ3v) is 7.18. The van der Waals surface area contributed by atoms with Crippen molar-refractivity contribution in [2.24, 2.45) is 11.3 Å². The molecule has 4 rings (SSSR count). The van der Waals surface area contributed by atoms with E-state index in [2.05, 4.69) is 24.1 Å². The fourth-order valence-electron chi connectivity index (χ4n) is 5.48. The van der Waals surface area contributed by atoms with Crippen molar-refractivity contribution in [2.45, 2.75) is 90.2 Å². The van der Waals surface area contributed by atoms with Crippen molar-refractivity contribution in [3.8, 4) is 5.88 Å². The number of nitrogens with one attached hydrogen (secondary N) is 1. The number of hydrogen-bond acceptors (Lipinski definition) is 5. The number of carbonyl (C=O) groups excluding carboxylic acids is 1. The molecule has 3 aliphatic rings. The second-order valence-corrected chi connectivity index (χ2v) is 10.7. The molecule has 1 aromatic heterocycles. The van der Waals surface area contributed by atoms with Crippen molar-refractivity contribution in [2.75, 3.05) is 18.0 Å². The Balaban J connectivity index is 1.51. The average molecular weight is 444 g/mol. The molecule has 0 spiro atoms. The van der Waals surface area contributed by atoms with Crippen LogP contribution >= 0.6 is 0 Å². The zero-order chi connectivity index (χ0) is 22.7. The van der Waals surface area contributed by atoms with Gasteiger partial charge in [-0.25, -0.2) is 0 Å². The summed E-state index contributed by atoms with van der Waals surface area (Å²) in [6, 6.07) is 3.95. The van der Waals surface area contributed by atoms with E-state index < -0.39 is 5.97 Å². The van der Waals surface area contributed by atoms with Crippen molar-refractivity contribution < 1.29 is 19.4 Å². The Kier molecular flexibility index (Phi) is 6.91. The summed E-state index contributed by atoms with van der Waals surface area (Å²) >= 11 is 0. The second kappa shape index (κ2) is 9.67. The molecule has 2 saturated carbocycles. The molecule has 0 radical (unpaired) electrons. The molecule has 1 atom stereocenters. The quantitative estimate of drug-likeness (QED) is 0.649. The number of carbonyl (C=O) groups is 2. The number of carboxylic acids is 1. The summed E-state index contributed by atoms with van der Waals surface area (Å²) in [7, 11) is 0. The van der Waals surface area contributed by atoms with Gasteiger partial charge in [-0.3, -0.25) is 9.59 Å². The Hall–Kier alpha value is -2.31. The van der Waals surface area contributed by atoms with Gasteiger partial charge in [-0.2, -0.15) is 4.98 Å². The highest BCUT2D eigenvalue weighted by molar-refractivity contribution is 5.96. The molecular weight excluding hydrogens is 406 g/mol. The maximum atomic E-state index is 13.1. The molecule has 32 heavy (non-hydrogen) atoms. The first kappa shape index (κ1) is 22.9. The molecule has 1 saturated heterocycles. The Labute approximate surface area is 190 Å². The molecule has 2 heterocycles. The van der Waals surface area contributed by atoms with Crippen LogP contribution in [0.3, 0.4) is 0 Å². The van der Waals surface area contributed by atoms with Gasteiger partial charge < -0.3 is 20.1 Å². The Morgan fingerprint density at radius 3 is 2.59 bits per heavy atom. The van der Waals surface area contributed by atoms with Gasteiger partial charge in [0.1, 0.15) is 17.5 Å². The summed E-state index contributed by atoms with van der Waals surface area (Å²) < 4.78 is 6.26. The topological polar surface area (TPSA) is 91.8 Å². The van der Waals surface area contributed by atoms with Crippen LogP contribution in [0, 0.1) is 11.3 Å². The van der Waals surface area contributed by atoms with Crippen molar-refractivity contribution in [3.05, 3.63) is 17.7 Å². The number of hydrogen-bond donors (Lipinski definition) is 2. The lowest BCUT2D eigenvalue weighted by atomic mass is 9.70. The molecule has 7 nitrogen and oxygen atoms in total. The van der Waals surface area contributed by atoms with Crippen molar-refractivity contribution in [1.29, 1.82) is 0 Å². The molecule has 0 aromatic carbocycles. The van der Waals surface area contributed by atoms with Gasteiger partial charge in [0.15, 0.2) is 0 Å². The molecule has 3 fully saturated rings. The highest BCUT2D eigenvalue weighted by Gasteiger charge is 2.38.